The van der Waals surface area contributed by atoms with Gasteiger partial charge in [0.25, 0.3) is 0 Å². The van der Waals surface area contributed by atoms with Crippen LogP contribution in [0.15, 0.2) is 28.7 Å². The van der Waals surface area contributed by atoms with Crippen LogP contribution in [0, 0.1) is 0 Å². The highest BCUT2D eigenvalue weighted by molar-refractivity contribution is 7.80. The largest absolute Gasteiger partial charge is 0.463 e. The lowest BCUT2D eigenvalue weighted by Crippen LogP contribution is -2.10. The number of furan rings is 1. The molecule has 16 heavy (non-hydrogen) atoms. The summed E-state index contributed by atoms with van der Waals surface area (Å²) in [7, 11) is 1.54. The van der Waals surface area contributed by atoms with Gasteiger partial charge in [-0.05, 0) is 12.1 Å². The number of hydrogen-bond acceptors (Lipinski definition) is 4. The van der Waals surface area contributed by atoms with Crippen LogP contribution in [0.25, 0.3) is 11.0 Å². The number of methoxy groups -OCH3 is 1. The molecule has 0 saturated carbocycles. The number of rotatable bonds is 4. The van der Waals surface area contributed by atoms with Gasteiger partial charge in [0, 0.05) is 7.11 Å². The summed E-state index contributed by atoms with van der Waals surface area (Å²) in [5.41, 5.74) is 6.26. The zero-order valence-electron chi connectivity index (χ0n) is 8.73. The Kier molecular flexibility index (Phi) is 3.07. The molecule has 2 rings (SSSR count). The van der Waals surface area contributed by atoms with E-state index in [9.17, 15) is 0 Å². The van der Waals surface area contributed by atoms with Gasteiger partial charge in [0.1, 0.15) is 10.6 Å². The van der Waals surface area contributed by atoms with Crippen molar-refractivity contribution in [2.45, 2.75) is 0 Å². The van der Waals surface area contributed by atoms with Crippen LogP contribution < -0.4 is 10.5 Å². The predicted molar refractivity (Wildman–Crippen MR) is 64.6 cm³/mol. The molecule has 4 nitrogen and oxygen atoms in total. The van der Waals surface area contributed by atoms with Crippen LogP contribution in [0.2, 0.25) is 0 Å². The molecule has 0 atom stereocenters. The van der Waals surface area contributed by atoms with Crippen molar-refractivity contribution in [3.63, 3.8) is 0 Å². The van der Waals surface area contributed by atoms with Gasteiger partial charge in [-0.25, -0.2) is 0 Å². The third-order valence-corrected chi connectivity index (χ3v) is 2.28. The van der Waals surface area contributed by atoms with Gasteiger partial charge in [-0.2, -0.15) is 0 Å². The lowest BCUT2D eigenvalue weighted by atomic mass is 10.2. The van der Waals surface area contributed by atoms with Crippen molar-refractivity contribution >= 4 is 28.2 Å². The van der Waals surface area contributed by atoms with E-state index >= 15 is 0 Å². The number of hydrogen-bond donors (Lipinski definition) is 1. The van der Waals surface area contributed by atoms with E-state index in [2.05, 4.69) is 0 Å². The Hall–Kier alpha value is -1.59. The Morgan fingerprint density at radius 3 is 2.88 bits per heavy atom. The van der Waals surface area contributed by atoms with Crippen LogP contribution in [0.5, 0.6) is 5.75 Å². The highest BCUT2D eigenvalue weighted by atomic mass is 32.1. The van der Waals surface area contributed by atoms with Crippen LogP contribution >= 0.6 is 12.2 Å². The summed E-state index contributed by atoms with van der Waals surface area (Å²) in [5, 5.41) is 0.836. The van der Waals surface area contributed by atoms with Gasteiger partial charge in [-0.1, -0.05) is 24.4 Å². The zero-order chi connectivity index (χ0) is 11.5. The van der Waals surface area contributed by atoms with Crippen molar-refractivity contribution in [1.82, 2.24) is 0 Å². The molecule has 0 spiro atoms. The number of nitrogens with two attached hydrogens (primary N) is 1. The predicted octanol–water partition coefficient (Wildman–Crippen LogP) is 2.05. The van der Waals surface area contributed by atoms with E-state index in [1.807, 2.05) is 24.3 Å². The SMILES string of the molecule is COCOc1c(C(N)=S)oc2ccccc12. The third kappa shape index (κ3) is 1.87. The van der Waals surface area contributed by atoms with Gasteiger partial charge in [0.2, 0.25) is 5.76 Å². The van der Waals surface area contributed by atoms with Gasteiger partial charge in [0.05, 0.1) is 5.39 Å². The molecule has 0 aliphatic heterocycles. The molecule has 0 saturated heterocycles. The fourth-order valence-electron chi connectivity index (χ4n) is 1.45. The normalized spacial score (nSPS) is 10.6. The molecule has 0 radical (unpaired) electrons. The third-order valence-electron chi connectivity index (χ3n) is 2.09. The summed E-state index contributed by atoms with van der Waals surface area (Å²) in [5.74, 6) is 0.915. The molecule has 0 unspecified atom stereocenters. The van der Waals surface area contributed by atoms with Gasteiger partial charge in [-0.15, -0.1) is 0 Å². The van der Waals surface area contributed by atoms with E-state index in [1.165, 1.54) is 0 Å². The summed E-state index contributed by atoms with van der Waals surface area (Å²) in [4.78, 5) is 0.169. The van der Waals surface area contributed by atoms with E-state index in [4.69, 9.17) is 31.8 Å². The Balaban J connectivity index is 2.55. The first-order chi connectivity index (χ1) is 7.74. The van der Waals surface area contributed by atoms with Crippen LogP contribution in [-0.4, -0.2) is 18.9 Å². The van der Waals surface area contributed by atoms with Gasteiger partial charge in [0.15, 0.2) is 12.5 Å². The summed E-state index contributed by atoms with van der Waals surface area (Å²) in [6, 6.07) is 7.47. The first-order valence-corrected chi connectivity index (χ1v) is 5.08. The number of ether oxygens (including phenoxy) is 2. The van der Waals surface area contributed by atoms with Gasteiger partial charge >= 0.3 is 0 Å². The Bertz CT molecular complexity index is 521. The standard InChI is InChI=1S/C11H11NO3S/c1-13-6-14-9-7-4-2-3-5-8(7)15-10(9)11(12)16/h2-5H,6H2,1H3,(H2,12,16). The molecule has 0 bridgehead atoms. The fourth-order valence-corrected chi connectivity index (χ4v) is 1.58. The van der Waals surface area contributed by atoms with Crippen molar-refractivity contribution in [3.05, 3.63) is 30.0 Å². The highest BCUT2D eigenvalue weighted by Gasteiger charge is 2.17. The molecule has 0 aliphatic rings. The van der Waals surface area contributed by atoms with E-state index in [-0.39, 0.29) is 11.8 Å². The maximum atomic E-state index is 5.57. The van der Waals surface area contributed by atoms with Crippen molar-refractivity contribution in [1.29, 1.82) is 0 Å². The Morgan fingerprint density at radius 2 is 2.19 bits per heavy atom. The summed E-state index contributed by atoms with van der Waals surface area (Å²) in [6.07, 6.45) is 0. The average molecular weight is 237 g/mol. The summed E-state index contributed by atoms with van der Waals surface area (Å²) < 4.78 is 15.8. The topological polar surface area (TPSA) is 57.6 Å². The van der Waals surface area contributed by atoms with Crippen LogP contribution in [0.3, 0.4) is 0 Å². The van der Waals surface area contributed by atoms with E-state index in [0.29, 0.717) is 17.1 Å². The lowest BCUT2D eigenvalue weighted by molar-refractivity contribution is 0.0514. The second kappa shape index (κ2) is 4.51. The molecule has 1 aromatic heterocycles. The van der Waals surface area contributed by atoms with E-state index in [0.717, 1.165) is 5.39 Å². The quantitative estimate of drug-likeness (QED) is 0.651. The molecule has 2 N–H and O–H groups in total. The molecule has 0 amide bonds. The van der Waals surface area contributed by atoms with Gasteiger partial charge in [-0.3, -0.25) is 0 Å². The number of para-hydroxylation sites is 1. The van der Waals surface area contributed by atoms with Crippen molar-refractivity contribution in [3.8, 4) is 5.75 Å². The second-order valence-corrected chi connectivity index (χ2v) is 3.61. The fraction of sp³-hybridized carbons (Fsp3) is 0.182. The van der Waals surface area contributed by atoms with Crippen LogP contribution in [0.4, 0.5) is 0 Å². The number of thiocarbonyl (C=S) groups is 1. The molecule has 1 aromatic carbocycles. The molecular formula is C11H11NO3S. The summed E-state index contributed by atoms with van der Waals surface area (Å²) in [6.45, 7) is 0.124. The molecule has 84 valence electrons. The van der Waals surface area contributed by atoms with Crippen molar-refractivity contribution in [2.75, 3.05) is 13.9 Å². The smallest absolute Gasteiger partial charge is 0.204 e. The zero-order valence-corrected chi connectivity index (χ0v) is 9.54. The molecule has 1 heterocycles. The average Bonchev–Trinajstić information content (AvgIpc) is 2.65. The monoisotopic (exact) mass is 237 g/mol. The first-order valence-electron chi connectivity index (χ1n) is 4.67. The second-order valence-electron chi connectivity index (χ2n) is 3.17. The van der Waals surface area contributed by atoms with E-state index in [1.54, 1.807) is 7.11 Å². The minimum absolute atomic E-state index is 0.124. The van der Waals surface area contributed by atoms with Crippen LogP contribution in [-0.2, 0) is 4.74 Å². The molecular weight excluding hydrogens is 226 g/mol. The highest BCUT2D eigenvalue weighted by Crippen LogP contribution is 2.32. The van der Waals surface area contributed by atoms with Crippen molar-refractivity contribution < 1.29 is 13.9 Å². The first kappa shape index (κ1) is 10.9. The Labute approximate surface area is 97.9 Å². The van der Waals surface area contributed by atoms with Crippen LogP contribution in [0.1, 0.15) is 5.76 Å². The molecule has 2 aromatic rings. The number of benzene rings is 1. The maximum absolute atomic E-state index is 5.57. The number of fused-ring (bicyclic) bond motifs is 1. The summed E-state index contributed by atoms with van der Waals surface area (Å²) >= 11 is 4.90. The van der Waals surface area contributed by atoms with Gasteiger partial charge < -0.3 is 19.6 Å². The molecule has 5 heteroatoms. The molecule has 0 fully saturated rings. The van der Waals surface area contributed by atoms with Crippen molar-refractivity contribution in [2.24, 2.45) is 5.73 Å². The lowest BCUT2D eigenvalue weighted by Gasteiger charge is -2.03. The minimum atomic E-state index is 0.124. The minimum Gasteiger partial charge on any atom is -0.463 e. The molecule has 0 aliphatic carbocycles. The maximum Gasteiger partial charge on any atom is 0.204 e. The van der Waals surface area contributed by atoms with E-state index < -0.39 is 0 Å². The Morgan fingerprint density at radius 1 is 1.44 bits per heavy atom.